The van der Waals surface area contributed by atoms with Gasteiger partial charge in [0.25, 0.3) is 0 Å². The number of benzene rings is 1. The zero-order chi connectivity index (χ0) is 19.0. The fourth-order valence-corrected chi connectivity index (χ4v) is 3.92. The second-order valence-electron chi connectivity index (χ2n) is 7.05. The van der Waals surface area contributed by atoms with Crippen molar-refractivity contribution in [1.82, 2.24) is 14.0 Å². The molecular formula is C19H23N3O5. The van der Waals surface area contributed by atoms with Crippen LogP contribution in [0.25, 0.3) is 11.0 Å². The van der Waals surface area contributed by atoms with Crippen molar-refractivity contribution in [2.45, 2.75) is 31.6 Å². The van der Waals surface area contributed by atoms with Crippen molar-refractivity contribution in [3.8, 4) is 0 Å². The first kappa shape index (κ1) is 17.9. The summed E-state index contributed by atoms with van der Waals surface area (Å²) < 4.78 is 14.1. The summed E-state index contributed by atoms with van der Waals surface area (Å²) in [6.45, 7) is 2.54. The van der Waals surface area contributed by atoms with Crippen molar-refractivity contribution in [2.75, 3.05) is 26.3 Å². The summed E-state index contributed by atoms with van der Waals surface area (Å²) >= 11 is 0. The van der Waals surface area contributed by atoms with Crippen molar-refractivity contribution >= 4 is 16.9 Å². The molecule has 0 radical (unpaired) electrons. The van der Waals surface area contributed by atoms with E-state index in [1.165, 1.54) is 9.13 Å². The molecule has 8 heteroatoms. The van der Waals surface area contributed by atoms with Gasteiger partial charge in [0.15, 0.2) is 5.79 Å². The van der Waals surface area contributed by atoms with Crippen molar-refractivity contribution < 1.29 is 14.3 Å². The predicted octanol–water partition coefficient (Wildman–Crippen LogP) is 0.456. The minimum Gasteiger partial charge on any atom is -0.347 e. The van der Waals surface area contributed by atoms with Gasteiger partial charge in [0, 0.05) is 45.9 Å². The maximum absolute atomic E-state index is 12.6. The van der Waals surface area contributed by atoms with Crippen LogP contribution in [0.4, 0.5) is 0 Å². The molecule has 2 aliphatic rings. The zero-order valence-electron chi connectivity index (χ0n) is 15.3. The van der Waals surface area contributed by atoms with E-state index in [0.717, 1.165) is 0 Å². The fraction of sp³-hybridized carbons (Fsp3) is 0.526. The number of likely N-dealkylation sites (tertiary alicyclic amines) is 1. The molecule has 0 N–H and O–H groups in total. The molecule has 0 unspecified atom stereocenters. The summed E-state index contributed by atoms with van der Waals surface area (Å²) in [6, 6.07) is 7.22. The van der Waals surface area contributed by atoms with Crippen LogP contribution in [0.5, 0.6) is 0 Å². The van der Waals surface area contributed by atoms with E-state index >= 15 is 0 Å². The molecule has 1 aromatic carbocycles. The lowest BCUT2D eigenvalue weighted by Gasteiger charge is -2.37. The SMILES string of the molecule is Cn1c(=O)c(=O)n(CCC(=O)N2CCC3(CC2)OCCO3)c2ccccc21. The first-order valence-electron chi connectivity index (χ1n) is 9.25. The predicted molar refractivity (Wildman–Crippen MR) is 98.5 cm³/mol. The topological polar surface area (TPSA) is 82.8 Å². The quantitative estimate of drug-likeness (QED) is 0.730. The highest BCUT2D eigenvalue weighted by atomic mass is 16.7. The lowest BCUT2D eigenvalue weighted by Crippen LogP contribution is -2.47. The van der Waals surface area contributed by atoms with Gasteiger partial charge in [-0.3, -0.25) is 14.4 Å². The average molecular weight is 373 g/mol. The second kappa shape index (κ2) is 6.94. The van der Waals surface area contributed by atoms with E-state index in [4.69, 9.17) is 9.47 Å². The van der Waals surface area contributed by atoms with Gasteiger partial charge in [-0.1, -0.05) is 12.1 Å². The number of aryl methyl sites for hydroxylation is 2. The molecule has 3 heterocycles. The summed E-state index contributed by atoms with van der Waals surface area (Å²) in [5.74, 6) is -0.547. The van der Waals surface area contributed by atoms with Crippen LogP contribution < -0.4 is 11.1 Å². The molecule has 0 aliphatic carbocycles. The van der Waals surface area contributed by atoms with E-state index in [-0.39, 0.29) is 18.9 Å². The van der Waals surface area contributed by atoms with Crippen LogP contribution in [0.3, 0.4) is 0 Å². The summed E-state index contributed by atoms with van der Waals surface area (Å²) in [6.07, 6.45) is 1.49. The van der Waals surface area contributed by atoms with Crippen LogP contribution in [0, 0.1) is 0 Å². The largest absolute Gasteiger partial charge is 0.347 e. The minimum atomic E-state index is -0.602. The molecule has 1 amide bonds. The van der Waals surface area contributed by atoms with Crippen LogP contribution in [0.15, 0.2) is 33.9 Å². The summed E-state index contributed by atoms with van der Waals surface area (Å²) in [4.78, 5) is 39.0. The maximum Gasteiger partial charge on any atom is 0.316 e. The lowest BCUT2D eigenvalue weighted by molar-refractivity contribution is -0.187. The molecule has 144 valence electrons. The van der Waals surface area contributed by atoms with Crippen LogP contribution in [0.2, 0.25) is 0 Å². The Kier molecular flexibility index (Phi) is 4.61. The van der Waals surface area contributed by atoms with Crippen LogP contribution >= 0.6 is 0 Å². The van der Waals surface area contributed by atoms with Crippen molar-refractivity contribution in [2.24, 2.45) is 7.05 Å². The zero-order valence-corrected chi connectivity index (χ0v) is 15.3. The first-order valence-corrected chi connectivity index (χ1v) is 9.25. The van der Waals surface area contributed by atoms with Gasteiger partial charge >= 0.3 is 11.1 Å². The Labute approximate surface area is 155 Å². The number of nitrogens with zero attached hydrogens (tertiary/aromatic N) is 3. The number of amides is 1. The third kappa shape index (κ3) is 3.19. The third-order valence-corrected chi connectivity index (χ3v) is 5.51. The van der Waals surface area contributed by atoms with Crippen LogP contribution in [-0.4, -0.2) is 52.0 Å². The van der Waals surface area contributed by atoms with Gasteiger partial charge in [-0.05, 0) is 12.1 Å². The number of rotatable bonds is 3. The monoisotopic (exact) mass is 373 g/mol. The van der Waals surface area contributed by atoms with Gasteiger partial charge in [-0.15, -0.1) is 0 Å². The number of carbonyl (C=O) groups excluding carboxylic acids is 1. The molecule has 4 rings (SSSR count). The van der Waals surface area contributed by atoms with E-state index in [2.05, 4.69) is 0 Å². The highest BCUT2D eigenvalue weighted by molar-refractivity contribution is 5.77. The van der Waals surface area contributed by atoms with E-state index in [9.17, 15) is 14.4 Å². The number of para-hydroxylation sites is 2. The fourth-order valence-electron chi connectivity index (χ4n) is 3.92. The number of hydrogen-bond donors (Lipinski definition) is 0. The molecule has 0 bridgehead atoms. The average Bonchev–Trinajstić information content (AvgIpc) is 3.14. The van der Waals surface area contributed by atoms with Crippen LogP contribution in [0.1, 0.15) is 19.3 Å². The van der Waals surface area contributed by atoms with E-state index in [0.29, 0.717) is 50.2 Å². The highest BCUT2D eigenvalue weighted by Crippen LogP contribution is 2.31. The molecule has 1 aromatic heterocycles. The van der Waals surface area contributed by atoms with Gasteiger partial charge in [0.1, 0.15) is 0 Å². The molecule has 0 atom stereocenters. The molecule has 27 heavy (non-hydrogen) atoms. The minimum absolute atomic E-state index is 0.0282. The van der Waals surface area contributed by atoms with Gasteiger partial charge in [-0.2, -0.15) is 0 Å². The molecule has 2 fully saturated rings. The number of hydrogen-bond acceptors (Lipinski definition) is 5. The summed E-state index contributed by atoms with van der Waals surface area (Å²) in [5.41, 5.74) is 0.138. The summed E-state index contributed by atoms with van der Waals surface area (Å²) in [5, 5.41) is 0. The number of piperidine rings is 1. The first-order chi connectivity index (χ1) is 13.0. The number of ether oxygens (including phenoxy) is 2. The van der Waals surface area contributed by atoms with Crippen molar-refractivity contribution in [3.63, 3.8) is 0 Å². The summed E-state index contributed by atoms with van der Waals surface area (Å²) in [7, 11) is 1.58. The lowest BCUT2D eigenvalue weighted by atomic mass is 10.0. The molecule has 2 aromatic rings. The molecule has 1 spiro atoms. The van der Waals surface area contributed by atoms with Gasteiger partial charge in [-0.25, -0.2) is 0 Å². The Morgan fingerprint density at radius 3 is 2.33 bits per heavy atom. The number of carbonyl (C=O) groups is 1. The third-order valence-electron chi connectivity index (χ3n) is 5.51. The maximum atomic E-state index is 12.6. The van der Waals surface area contributed by atoms with E-state index in [1.807, 2.05) is 12.1 Å². The molecular weight excluding hydrogens is 350 g/mol. The molecule has 2 saturated heterocycles. The van der Waals surface area contributed by atoms with E-state index in [1.54, 1.807) is 24.1 Å². The normalized spacial score (nSPS) is 19.1. The number of aromatic nitrogens is 2. The Balaban J connectivity index is 1.49. The van der Waals surface area contributed by atoms with Gasteiger partial charge in [0.05, 0.1) is 24.2 Å². The Bertz CT molecular complexity index is 977. The second-order valence-corrected chi connectivity index (χ2v) is 7.05. The van der Waals surface area contributed by atoms with Gasteiger partial charge in [0.2, 0.25) is 5.91 Å². The number of fused-ring (bicyclic) bond motifs is 1. The molecule has 0 saturated carbocycles. The molecule has 2 aliphatic heterocycles. The standard InChI is InChI=1S/C19H23N3O5/c1-20-14-4-2-3-5-15(14)22(18(25)17(20)24)9-6-16(23)21-10-7-19(8-11-21)26-12-13-27-19/h2-5H,6-13H2,1H3. The molecule has 8 nitrogen and oxygen atoms in total. The highest BCUT2D eigenvalue weighted by Gasteiger charge is 2.40. The Morgan fingerprint density at radius 2 is 1.67 bits per heavy atom. The van der Waals surface area contributed by atoms with E-state index < -0.39 is 16.9 Å². The van der Waals surface area contributed by atoms with Gasteiger partial charge < -0.3 is 23.5 Å². The Hall–Kier alpha value is -2.45. The Morgan fingerprint density at radius 1 is 1.04 bits per heavy atom. The van der Waals surface area contributed by atoms with Crippen LogP contribution in [-0.2, 0) is 27.9 Å². The van der Waals surface area contributed by atoms with Crippen molar-refractivity contribution in [1.29, 1.82) is 0 Å². The van der Waals surface area contributed by atoms with Crippen molar-refractivity contribution in [3.05, 3.63) is 45.0 Å². The smallest absolute Gasteiger partial charge is 0.316 e.